The van der Waals surface area contributed by atoms with Crippen LogP contribution in [0, 0.1) is 0 Å². The van der Waals surface area contributed by atoms with Crippen molar-refractivity contribution < 1.29 is 9.21 Å². The van der Waals surface area contributed by atoms with E-state index in [9.17, 15) is 4.79 Å². The minimum Gasteiger partial charge on any atom is -0.467 e. The Balaban J connectivity index is 1.96. The average Bonchev–Trinajstić information content (AvgIpc) is 2.84. The van der Waals surface area contributed by atoms with Gasteiger partial charge in [0.25, 0.3) is 5.91 Å². The van der Waals surface area contributed by atoms with Gasteiger partial charge in [0.05, 0.1) is 12.8 Å². The maximum Gasteiger partial charge on any atom is 0.268 e. The van der Waals surface area contributed by atoms with E-state index in [0.717, 1.165) is 5.76 Å². The summed E-state index contributed by atoms with van der Waals surface area (Å²) in [5.41, 5.74) is 0.640. The zero-order valence-corrected chi connectivity index (χ0v) is 8.43. The van der Waals surface area contributed by atoms with Crippen molar-refractivity contribution in [2.45, 2.75) is 6.54 Å². The van der Waals surface area contributed by atoms with Gasteiger partial charge < -0.3 is 14.3 Å². The van der Waals surface area contributed by atoms with Crippen LogP contribution in [0.2, 0.25) is 0 Å². The molecule has 0 unspecified atom stereocenters. The Morgan fingerprint density at radius 1 is 1.47 bits per heavy atom. The molecule has 1 amide bonds. The van der Waals surface area contributed by atoms with Gasteiger partial charge in [-0.2, -0.15) is 0 Å². The Bertz CT molecular complexity index is 443. The Hall–Kier alpha value is -1.97. The van der Waals surface area contributed by atoms with Crippen LogP contribution in [-0.4, -0.2) is 10.5 Å². The van der Waals surface area contributed by atoms with Crippen LogP contribution >= 0.6 is 0 Å². The lowest BCUT2D eigenvalue weighted by atomic mass is 10.4. The number of aryl methyl sites for hydroxylation is 1. The maximum atomic E-state index is 11.6. The minimum absolute atomic E-state index is 0.0982. The smallest absolute Gasteiger partial charge is 0.268 e. The van der Waals surface area contributed by atoms with E-state index in [1.165, 1.54) is 0 Å². The fraction of sp³-hybridized carbons (Fsp3) is 0.182. The highest BCUT2D eigenvalue weighted by Gasteiger charge is 2.08. The number of nitrogens with one attached hydrogen (secondary N) is 1. The van der Waals surface area contributed by atoms with Crippen molar-refractivity contribution in [1.82, 2.24) is 9.88 Å². The number of rotatable bonds is 3. The molecule has 0 atom stereocenters. The summed E-state index contributed by atoms with van der Waals surface area (Å²) >= 11 is 0. The molecule has 0 bridgehead atoms. The number of amides is 1. The van der Waals surface area contributed by atoms with E-state index in [-0.39, 0.29) is 5.91 Å². The molecule has 0 saturated heterocycles. The molecule has 0 aliphatic carbocycles. The number of furan rings is 1. The lowest BCUT2D eigenvalue weighted by Gasteiger charge is -2.03. The second kappa shape index (κ2) is 4.04. The average molecular weight is 204 g/mol. The van der Waals surface area contributed by atoms with Gasteiger partial charge in [-0.15, -0.1) is 0 Å². The number of aromatic nitrogens is 1. The van der Waals surface area contributed by atoms with Crippen LogP contribution in [0.4, 0.5) is 0 Å². The zero-order valence-electron chi connectivity index (χ0n) is 8.43. The van der Waals surface area contributed by atoms with Gasteiger partial charge in [0.2, 0.25) is 0 Å². The lowest BCUT2D eigenvalue weighted by molar-refractivity contribution is 0.0940. The summed E-state index contributed by atoms with van der Waals surface area (Å²) in [6, 6.07) is 7.23. The first kappa shape index (κ1) is 9.58. The van der Waals surface area contributed by atoms with Crippen molar-refractivity contribution in [3.05, 3.63) is 48.2 Å². The van der Waals surface area contributed by atoms with Gasteiger partial charge >= 0.3 is 0 Å². The van der Waals surface area contributed by atoms with Gasteiger partial charge in [-0.05, 0) is 24.3 Å². The Labute approximate surface area is 87.5 Å². The topological polar surface area (TPSA) is 47.2 Å². The summed E-state index contributed by atoms with van der Waals surface area (Å²) < 4.78 is 6.89. The van der Waals surface area contributed by atoms with Crippen LogP contribution < -0.4 is 5.32 Å². The monoisotopic (exact) mass is 204 g/mol. The van der Waals surface area contributed by atoms with Crippen LogP contribution in [0.3, 0.4) is 0 Å². The molecular formula is C11H12N2O2. The van der Waals surface area contributed by atoms with Crippen molar-refractivity contribution in [2.24, 2.45) is 7.05 Å². The van der Waals surface area contributed by atoms with Crippen LogP contribution in [0.25, 0.3) is 0 Å². The normalized spacial score (nSPS) is 10.2. The van der Waals surface area contributed by atoms with Gasteiger partial charge in [-0.3, -0.25) is 4.79 Å². The molecule has 2 rings (SSSR count). The lowest BCUT2D eigenvalue weighted by Crippen LogP contribution is -2.24. The summed E-state index contributed by atoms with van der Waals surface area (Å²) in [7, 11) is 1.84. The van der Waals surface area contributed by atoms with Gasteiger partial charge in [-0.25, -0.2) is 0 Å². The highest BCUT2D eigenvalue weighted by Crippen LogP contribution is 2.02. The Morgan fingerprint density at radius 3 is 2.93 bits per heavy atom. The summed E-state index contributed by atoms with van der Waals surface area (Å²) in [5.74, 6) is 0.649. The van der Waals surface area contributed by atoms with Crippen LogP contribution in [-0.2, 0) is 13.6 Å². The van der Waals surface area contributed by atoms with E-state index in [1.54, 1.807) is 23.0 Å². The summed E-state index contributed by atoms with van der Waals surface area (Å²) in [6.07, 6.45) is 3.42. The van der Waals surface area contributed by atoms with Crippen LogP contribution in [0.1, 0.15) is 16.2 Å². The number of hydrogen-bond donors (Lipinski definition) is 1. The van der Waals surface area contributed by atoms with E-state index in [0.29, 0.717) is 12.2 Å². The predicted octanol–water partition coefficient (Wildman–Crippen LogP) is 1.55. The van der Waals surface area contributed by atoms with Crippen LogP contribution in [0.15, 0.2) is 41.1 Å². The quantitative estimate of drug-likeness (QED) is 0.824. The third-order valence-corrected chi connectivity index (χ3v) is 2.18. The zero-order chi connectivity index (χ0) is 10.7. The molecule has 2 aromatic rings. The van der Waals surface area contributed by atoms with Crippen molar-refractivity contribution in [3.8, 4) is 0 Å². The summed E-state index contributed by atoms with van der Waals surface area (Å²) in [5, 5.41) is 2.77. The first-order valence-electron chi connectivity index (χ1n) is 4.69. The molecular weight excluding hydrogens is 192 g/mol. The predicted molar refractivity (Wildman–Crippen MR) is 55.3 cm³/mol. The first-order valence-corrected chi connectivity index (χ1v) is 4.69. The van der Waals surface area contributed by atoms with E-state index < -0.39 is 0 Å². The molecule has 15 heavy (non-hydrogen) atoms. The van der Waals surface area contributed by atoms with Crippen molar-refractivity contribution in [1.29, 1.82) is 0 Å². The molecule has 2 aromatic heterocycles. The molecule has 0 aliphatic rings. The van der Waals surface area contributed by atoms with Gasteiger partial charge in [-0.1, -0.05) is 0 Å². The first-order chi connectivity index (χ1) is 7.27. The Kier molecular flexibility index (Phi) is 2.58. The van der Waals surface area contributed by atoms with Crippen molar-refractivity contribution in [2.75, 3.05) is 0 Å². The molecule has 2 heterocycles. The SMILES string of the molecule is Cn1cccc1C(=O)NCc1ccco1. The molecule has 0 spiro atoms. The summed E-state index contributed by atoms with van der Waals surface area (Å²) in [4.78, 5) is 11.6. The molecule has 78 valence electrons. The van der Waals surface area contributed by atoms with Crippen molar-refractivity contribution >= 4 is 5.91 Å². The van der Waals surface area contributed by atoms with E-state index >= 15 is 0 Å². The Morgan fingerprint density at radius 2 is 2.33 bits per heavy atom. The number of nitrogens with zero attached hydrogens (tertiary/aromatic N) is 1. The largest absolute Gasteiger partial charge is 0.467 e. The van der Waals surface area contributed by atoms with E-state index in [2.05, 4.69) is 5.32 Å². The highest BCUT2D eigenvalue weighted by atomic mass is 16.3. The molecule has 0 saturated carbocycles. The molecule has 1 N–H and O–H groups in total. The molecule has 0 fully saturated rings. The number of carbonyl (C=O) groups excluding carboxylic acids is 1. The third kappa shape index (κ3) is 2.10. The molecule has 4 nitrogen and oxygen atoms in total. The van der Waals surface area contributed by atoms with Gasteiger partial charge in [0, 0.05) is 13.2 Å². The van der Waals surface area contributed by atoms with E-state index in [1.807, 2.05) is 25.4 Å². The molecule has 0 radical (unpaired) electrons. The molecule has 4 heteroatoms. The summed E-state index contributed by atoms with van der Waals surface area (Å²) in [6.45, 7) is 0.414. The molecule has 0 aliphatic heterocycles. The second-order valence-corrected chi connectivity index (χ2v) is 3.27. The van der Waals surface area contributed by atoms with E-state index in [4.69, 9.17) is 4.42 Å². The fourth-order valence-corrected chi connectivity index (χ4v) is 1.37. The maximum absolute atomic E-state index is 11.6. The van der Waals surface area contributed by atoms with Gasteiger partial charge in [0.15, 0.2) is 0 Å². The number of carbonyl (C=O) groups is 1. The van der Waals surface area contributed by atoms with Crippen molar-refractivity contribution in [3.63, 3.8) is 0 Å². The minimum atomic E-state index is -0.0982. The standard InChI is InChI=1S/C11H12N2O2/c1-13-6-2-5-10(13)11(14)12-8-9-4-3-7-15-9/h2-7H,8H2,1H3,(H,12,14). The third-order valence-electron chi connectivity index (χ3n) is 2.18. The number of hydrogen-bond acceptors (Lipinski definition) is 2. The van der Waals surface area contributed by atoms with Gasteiger partial charge in [0.1, 0.15) is 11.5 Å². The highest BCUT2D eigenvalue weighted by molar-refractivity contribution is 5.92. The van der Waals surface area contributed by atoms with Crippen LogP contribution in [0.5, 0.6) is 0 Å². The second-order valence-electron chi connectivity index (χ2n) is 3.27. The fourth-order valence-electron chi connectivity index (χ4n) is 1.37. The molecule has 0 aromatic carbocycles.